The van der Waals surface area contributed by atoms with Gasteiger partial charge in [-0.15, -0.1) is 0 Å². The SMILES string of the molecule is CC(C)CC(N)C(=O)NCC(=O)NCC(N)=O. The van der Waals surface area contributed by atoms with Crippen LogP contribution in [0.4, 0.5) is 0 Å². The highest BCUT2D eigenvalue weighted by atomic mass is 16.2. The molecule has 1 unspecified atom stereocenters. The predicted molar refractivity (Wildman–Crippen MR) is 62.6 cm³/mol. The molecule has 1 atom stereocenters. The first kappa shape index (κ1) is 15.4. The van der Waals surface area contributed by atoms with Crippen molar-refractivity contribution in [2.45, 2.75) is 26.3 Å². The highest BCUT2D eigenvalue weighted by Crippen LogP contribution is 2.01. The third-order valence-electron chi connectivity index (χ3n) is 1.95. The molecule has 0 saturated heterocycles. The van der Waals surface area contributed by atoms with Gasteiger partial charge in [-0.3, -0.25) is 14.4 Å². The van der Waals surface area contributed by atoms with E-state index in [0.29, 0.717) is 12.3 Å². The molecule has 0 spiro atoms. The minimum absolute atomic E-state index is 0.210. The van der Waals surface area contributed by atoms with E-state index in [-0.39, 0.29) is 19.0 Å². The molecule has 0 heterocycles. The molecular weight excluding hydrogens is 224 g/mol. The molecule has 0 rings (SSSR count). The molecule has 0 aliphatic rings. The van der Waals surface area contributed by atoms with E-state index in [1.54, 1.807) is 0 Å². The molecule has 0 radical (unpaired) electrons. The summed E-state index contributed by atoms with van der Waals surface area (Å²) >= 11 is 0. The number of rotatable bonds is 7. The van der Waals surface area contributed by atoms with Gasteiger partial charge in [-0.25, -0.2) is 0 Å². The van der Waals surface area contributed by atoms with E-state index in [9.17, 15) is 14.4 Å². The molecule has 0 aromatic heterocycles. The summed E-state index contributed by atoms with van der Waals surface area (Å²) in [5.74, 6) is -1.19. The highest BCUT2D eigenvalue weighted by Gasteiger charge is 2.15. The van der Waals surface area contributed by atoms with Crippen molar-refractivity contribution in [1.82, 2.24) is 10.6 Å². The second kappa shape index (κ2) is 7.61. The maximum atomic E-state index is 11.4. The number of nitrogens with two attached hydrogens (primary N) is 2. The Morgan fingerprint density at radius 2 is 1.71 bits per heavy atom. The summed E-state index contributed by atoms with van der Waals surface area (Å²) in [5, 5.41) is 4.63. The minimum Gasteiger partial charge on any atom is -0.368 e. The topological polar surface area (TPSA) is 127 Å². The van der Waals surface area contributed by atoms with Gasteiger partial charge >= 0.3 is 0 Å². The second-order valence-electron chi connectivity index (χ2n) is 4.20. The zero-order valence-electron chi connectivity index (χ0n) is 10.2. The van der Waals surface area contributed by atoms with Crippen molar-refractivity contribution in [3.8, 4) is 0 Å². The molecule has 0 saturated carbocycles. The predicted octanol–water partition coefficient (Wildman–Crippen LogP) is -1.92. The molecule has 0 aliphatic carbocycles. The lowest BCUT2D eigenvalue weighted by Gasteiger charge is -2.13. The van der Waals surface area contributed by atoms with Crippen molar-refractivity contribution in [3.05, 3.63) is 0 Å². The number of hydrogen-bond acceptors (Lipinski definition) is 4. The van der Waals surface area contributed by atoms with Crippen molar-refractivity contribution in [2.24, 2.45) is 17.4 Å². The molecule has 0 aromatic carbocycles. The Bertz CT molecular complexity index is 291. The number of nitrogens with one attached hydrogen (secondary N) is 2. The zero-order valence-corrected chi connectivity index (χ0v) is 10.2. The second-order valence-corrected chi connectivity index (χ2v) is 4.20. The molecule has 0 aliphatic heterocycles. The van der Waals surface area contributed by atoms with Gasteiger partial charge in [0.25, 0.3) is 0 Å². The summed E-state index contributed by atoms with van der Waals surface area (Å²) < 4.78 is 0. The molecular formula is C10H20N4O3. The standard InChI is InChI=1S/C10H20N4O3/c1-6(2)3-7(11)10(17)14-5-9(16)13-4-8(12)15/h6-7H,3-5,11H2,1-2H3,(H2,12,15)(H,13,16)(H,14,17). The molecule has 17 heavy (non-hydrogen) atoms. The van der Waals surface area contributed by atoms with Crippen LogP contribution in [0.1, 0.15) is 20.3 Å². The Morgan fingerprint density at radius 1 is 1.12 bits per heavy atom. The van der Waals surface area contributed by atoms with Crippen molar-refractivity contribution in [1.29, 1.82) is 0 Å². The third kappa shape index (κ3) is 8.21. The Balaban J connectivity index is 3.83. The fourth-order valence-corrected chi connectivity index (χ4v) is 1.16. The normalized spacial score (nSPS) is 12.0. The molecule has 7 heteroatoms. The van der Waals surface area contributed by atoms with Crippen molar-refractivity contribution < 1.29 is 14.4 Å². The van der Waals surface area contributed by atoms with Gasteiger partial charge in [0.15, 0.2) is 0 Å². The van der Waals surface area contributed by atoms with Crippen LogP contribution in [0.3, 0.4) is 0 Å². The van der Waals surface area contributed by atoms with Gasteiger partial charge in [-0.1, -0.05) is 13.8 Å². The summed E-state index contributed by atoms with van der Waals surface area (Å²) in [5.41, 5.74) is 10.4. The van der Waals surface area contributed by atoms with Gasteiger partial charge in [0.1, 0.15) is 0 Å². The van der Waals surface area contributed by atoms with Crippen molar-refractivity contribution in [3.63, 3.8) is 0 Å². The van der Waals surface area contributed by atoms with Crippen LogP contribution in [-0.4, -0.2) is 36.9 Å². The first-order valence-corrected chi connectivity index (χ1v) is 5.41. The average molecular weight is 244 g/mol. The van der Waals surface area contributed by atoms with Crippen molar-refractivity contribution >= 4 is 17.7 Å². The van der Waals surface area contributed by atoms with E-state index >= 15 is 0 Å². The summed E-state index contributed by atoms with van der Waals surface area (Å²) in [6, 6.07) is -0.626. The van der Waals surface area contributed by atoms with E-state index in [0.717, 1.165) is 0 Å². The smallest absolute Gasteiger partial charge is 0.239 e. The van der Waals surface area contributed by atoms with Crippen LogP contribution in [0.25, 0.3) is 0 Å². The third-order valence-corrected chi connectivity index (χ3v) is 1.95. The van der Waals surface area contributed by atoms with Crippen LogP contribution in [0, 0.1) is 5.92 Å². The minimum atomic E-state index is -0.638. The van der Waals surface area contributed by atoms with Crippen LogP contribution in [0.2, 0.25) is 0 Å². The summed E-state index contributed by atoms with van der Waals surface area (Å²) in [6.07, 6.45) is 0.550. The largest absolute Gasteiger partial charge is 0.368 e. The van der Waals surface area contributed by atoms with Crippen LogP contribution in [-0.2, 0) is 14.4 Å². The Labute approximate surface area is 100 Å². The first-order chi connectivity index (χ1) is 7.82. The summed E-state index contributed by atoms with van der Waals surface area (Å²) in [4.78, 5) is 32.9. The lowest BCUT2D eigenvalue weighted by molar-refractivity contribution is -0.127. The zero-order chi connectivity index (χ0) is 13.4. The molecule has 0 bridgehead atoms. The van der Waals surface area contributed by atoms with Gasteiger partial charge in [-0.05, 0) is 12.3 Å². The molecule has 0 fully saturated rings. The summed E-state index contributed by atoms with van der Waals surface area (Å²) in [7, 11) is 0. The van der Waals surface area contributed by atoms with Crippen LogP contribution < -0.4 is 22.1 Å². The Morgan fingerprint density at radius 3 is 2.18 bits per heavy atom. The van der Waals surface area contributed by atoms with E-state index in [2.05, 4.69) is 10.6 Å². The van der Waals surface area contributed by atoms with Crippen LogP contribution in [0.15, 0.2) is 0 Å². The average Bonchev–Trinajstić information content (AvgIpc) is 2.21. The van der Waals surface area contributed by atoms with Gasteiger partial charge in [-0.2, -0.15) is 0 Å². The fourth-order valence-electron chi connectivity index (χ4n) is 1.16. The number of carbonyl (C=O) groups is 3. The molecule has 6 N–H and O–H groups in total. The first-order valence-electron chi connectivity index (χ1n) is 5.41. The van der Waals surface area contributed by atoms with Crippen molar-refractivity contribution in [2.75, 3.05) is 13.1 Å². The molecule has 7 nitrogen and oxygen atoms in total. The quantitative estimate of drug-likeness (QED) is 0.416. The van der Waals surface area contributed by atoms with Gasteiger partial charge in [0.05, 0.1) is 19.1 Å². The van der Waals surface area contributed by atoms with E-state index in [4.69, 9.17) is 11.5 Å². The highest BCUT2D eigenvalue weighted by molar-refractivity contribution is 5.89. The number of amides is 3. The summed E-state index contributed by atoms with van der Waals surface area (Å²) in [6.45, 7) is 3.45. The number of hydrogen-bond donors (Lipinski definition) is 4. The lowest BCUT2D eigenvalue weighted by atomic mass is 10.0. The molecule has 98 valence electrons. The Kier molecular flexibility index (Phi) is 6.88. The van der Waals surface area contributed by atoms with Gasteiger partial charge in [0, 0.05) is 0 Å². The monoisotopic (exact) mass is 244 g/mol. The van der Waals surface area contributed by atoms with E-state index < -0.39 is 17.9 Å². The maximum absolute atomic E-state index is 11.4. The van der Waals surface area contributed by atoms with Gasteiger partial charge < -0.3 is 22.1 Å². The lowest BCUT2D eigenvalue weighted by Crippen LogP contribution is -2.46. The van der Waals surface area contributed by atoms with Crippen LogP contribution >= 0.6 is 0 Å². The molecule has 3 amide bonds. The molecule has 0 aromatic rings. The van der Waals surface area contributed by atoms with E-state index in [1.165, 1.54) is 0 Å². The number of primary amides is 1. The fraction of sp³-hybridized carbons (Fsp3) is 0.700. The van der Waals surface area contributed by atoms with Crippen LogP contribution in [0.5, 0.6) is 0 Å². The van der Waals surface area contributed by atoms with Gasteiger partial charge in [0.2, 0.25) is 17.7 Å². The number of carbonyl (C=O) groups excluding carboxylic acids is 3. The van der Waals surface area contributed by atoms with E-state index in [1.807, 2.05) is 13.8 Å². The Hall–Kier alpha value is -1.63. The maximum Gasteiger partial charge on any atom is 0.239 e.